The monoisotopic (exact) mass is 233 g/mol. The fourth-order valence-electron chi connectivity index (χ4n) is 1.73. The number of aromatic amines is 1. The van der Waals surface area contributed by atoms with Crippen LogP contribution in [0.3, 0.4) is 0 Å². The number of aromatic nitrogens is 2. The predicted octanol–water partition coefficient (Wildman–Crippen LogP) is 1.81. The van der Waals surface area contributed by atoms with Crippen LogP contribution in [0.15, 0.2) is 24.4 Å². The molecular weight excluding hydrogens is 218 g/mol. The summed E-state index contributed by atoms with van der Waals surface area (Å²) in [6, 6.07) is 5.85. The van der Waals surface area contributed by atoms with Crippen LogP contribution in [0.4, 0.5) is 5.82 Å². The normalized spacial score (nSPS) is 10.5. The molecule has 0 fully saturated rings. The van der Waals surface area contributed by atoms with E-state index in [0.717, 1.165) is 22.4 Å². The molecule has 0 aliphatic carbocycles. The number of benzene rings is 1. The maximum Gasteiger partial charge on any atom is 0.126 e. The molecule has 90 valence electrons. The van der Waals surface area contributed by atoms with Crippen molar-refractivity contribution in [1.82, 2.24) is 10.2 Å². The van der Waals surface area contributed by atoms with Crippen molar-refractivity contribution in [3.05, 3.63) is 30.0 Å². The number of rotatable bonds is 4. The van der Waals surface area contributed by atoms with Crippen LogP contribution in [0.2, 0.25) is 0 Å². The van der Waals surface area contributed by atoms with Gasteiger partial charge in [0.05, 0.1) is 19.9 Å². The third kappa shape index (κ3) is 2.24. The van der Waals surface area contributed by atoms with Crippen molar-refractivity contribution in [2.24, 2.45) is 0 Å². The zero-order valence-corrected chi connectivity index (χ0v) is 9.86. The molecule has 1 aromatic carbocycles. The Morgan fingerprint density at radius 3 is 2.71 bits per heavy atom. The van der Waals surface area contributed by atoms with Crippen molar-refractivity contribution in [2.45, 2.75) is 6.61 Å². The van der Waals surface area contributed by atoms with Gasteiger partial charge in [-0.05, 0) is 17.7 Å². The van der Waals surface area contributed by atoms with Gasteiger partial charge in [-0.2, -0.15) is 5.10 Å². The molecule has 3 N–H and O–H groups in total. The molecule has 0 radical (unpaired) electrons. The maximum absolute atomic E-state index is 5.82. The first-order valence-electron chi connectivity index (χ1n) is 5.21. The molecule has 0 spiro atoms. The lowest BCUT2D eigenvalue weighted by atomic mass is 10.0. The summed E-state index contributed by atoms with van der Waals surface area (Å²) in [6.45, 7) is 0.550. The Labute approximate surface area is 99.5 Å². The molecule has 0 bridgehead atoms. The van der Waals surface area contributed by atoms with E-state index in [4.69, 9.17) is 15.2 Å². The molecule has 2 rings (SSSR count). The Bertz CT molecular complexity index is 508. The van der Waals surface area contributed by atoms with E-state index in [9.17, 15) is 0 Å². The minimum absolute atomic E-state index is 0.526. The van der Waals surface area contributed by atoms with E-state index < -0.39 is 0 Å². The molecule has 0 saturated carbocycles. The van der Waals surface area contributed by atoms with Gasteiger partial charge in [0, 0.05) is 18.2 Å². The molecule has 0 saturated heterocycles. The van der Waals surface area contributed by atoms with Crippen LogP contribution < -0.4 is 10.5 Å². The Morgan fingerprint density at radius 2 is 2.12 bits per heavy atom. The van der Waals surface area contributed by atoms with Crippen LogP contribution >= 0.6 is 0 Å². The number of nitrogens with zero attached hydrogens (tertiary/aromatic N) is 1. The van der Waals surface area contributed by atoms with Gasteiger partial charge in [-0.1, -0.05) is 6.07 Å². The minimum atomic E-state index is 0.526. The summed E-state index contributed by atoms with van der Waals surface area (Å²) in [7, 11) is 3.29. The van der Waals surface area contributed by atoms with Gasteiger partial charge in [-0.3, -0.25) is 5.10 Å². The van der Waals surface area contributed by atoms with Crippen LogP contribution in [-0.4, -0.2) is 24.4 Å². The Morgan fingerprint density at radius 1 is 1.29 bits per heavy atom. The van der Waals surface area contributed by atoms with Crippen LogP contribution in [0.1, 0.15) is 5.56 Å². The van der Waals surface area contributed by atoms with Crippen molar-refractivity contribution in [3.63, 3.8) is 0 Å². The van der Waals surface area contributed by atoms with E-state index in [0.29, 0.717) is 12.4 Å². The summed E-state index contributed by atoms with van der Waals surface area (Å²) in [5.74, 6) is 1.29. The standard InChI is InChI=1S/C12H15N3O2/c1-16-7-8-3-4-11(17-2)9(5-8)10-6-14-15-12(10)13/h3-6H,7H2,1-2H3,(H3,13,14,15). The highest BCUT2D eigenvalue weighted by atomic mass is 16.5. The first-order chi connectivity index (χ1) is 8.26. The lowest BCUT2D eigenvalue weighted by Gasteiger charge is -2.09. The Hall–Kier alpha value is -2.01. The van der Waals surface area contributed by atoms with Crippen molar-refractivity contribution >= 4 is 5.82 Å². The number of nitrogens with two attached hydrogens (primary N) is 1. The first kappa shape index (κ1) is 11.5. The van der Waals surface area contributed by atoms with Crippen LogP contribution in [0, 0.1) is 0 Å². The van der Waals surface area contributed by atoms with E-state index in [1.54, 1.807) is 20.4 Å². The molecule has 0 aliphatic heterocycles. The molecule has 2 aromatic rings. The quantitative estimate of drug-likeness (QED) is 0.844. The molecule has 5 heteroatoms. The summed E-state index contributed by atoms with van der Waals surface area (Å²) in [5, 5.41) is 6.62. The van der Waals surface area contributed by atoms with E-state index in [1.807, 2.05) is 18.2 Å². The molecule has 1 heterocycles. The molecular formula is C12H15N3O2. The molecule has 0 unspecified atom stereocenters. The zero-order valence-electron chi connectivity index (χ0n) is 9.86. The summed E-state index contributed by atoms with van der Waals surface area (Å²) in [4.78, 5) is 0. The average molecular weight is 233 g/mol. The zero-order chi connectivity index (χ0) is 12.3. The van der Waals surface area contributed by atoms with E-state index in [-0.39, 0.29) is 0 Å². The second-order valence-electron chi connectivity index (χ2n) is 3.67. The van der Waals surface area contributed by atoms with Gasteiger partial charge in [0.1, 0.15) is 11.6 Å². The highest BCUT2D eigenvalue weighted by Crippen LogP contribution is 2.33. The molecule has 17 heavy (non-hydrogen) atoms. The highest BCUT2D eigenvalue weighted by molar-refractivity contribution is 5.78. The number of hydrogen-bond acceptors (Lipinski definition) is 4. The fourth-order valence-corrected chi connectivity index (χ4v) is 1.73. The minimum Gasteiger partial charge on any atom is -0.496 e. The van der Waals surface area contributed by atoms with Gasteiger partial charge in [-0.25, -0.2) is 0 Å². The third-order valence-corrected chi connectivity index (χ3v) is 2.53. The van der Waals surface area contributed by atoms with Gasteiger partial charge in [-0.15, -0.1) is 0 Å². The SMILES string of the molecule is COCc1ccc(OC)c(-c2cn[nH]c2N)c1. The summed E-state index contributed by atoms with van der Waals surface area (Å²) in [5.41, 5.74) is 8.62. The summed E-state index contributed by atoms with van der Waals surface area (Å²) >= 11 is 0. The Kier molecular flexibility index (Phi) is 3.30. The summed E-state index contributed by atoms with van der Waals surface area (Å²) < 4.78 is 10.4. The number of nitrogen functional groups attached to an aromatic ring is 1. The van der Waals surface area contributed by atoms with Gasteiger partial charge in [0.25, 0.3) is 0 Å². The first-order valence-corrected chi connectivity index (χ1v) is 5.21. The predicted molar refractivity (Wildman–Crippen MR) is 65.7 cm³/mol. The van der Waals surface area contributed by atoms with Crippen molar-refractivity contribution < 1.29 is 9.47 Å². The summed E-state index contributed by atoms with van der Waals surface area (Å²) in [6.07, 6.45) is 1.68. The largest absolute Gasteiger partial charge is 0.496 e. The van der Waals surface area contributed by atoms with E-state index >= 15 is 0 Å². The van der Waals surface area contributed by atoms with E-state index in [2.05, 4.69) is 10.2 Å². The molecule has 1 aromatic heterocycles. The smallest absolute Gasteiger partial charge is 0.126 e. The van der Waals surface area contributed by atoms with Crippen LogP contribution in [0.5, 0.6) is 5.75 Å². The second kappa shape index (κ2) is 4.88. The van der Waals surface area contributed by atoms with Gasteiger partial charge in [0.2, 0.25) is 0 Å². The number of ether oxygens (including phenoxy) is 2. The average Bonchev–Trinajstić information content (AvgIpc) is 2.76. The molecule has 0 aliphatic rings. The number of anilines is 1. The van der Waals surface area contributed by atoms with Crippen molar-refractivity contribution in [2.75, 3.05) is 20.0 Å². The van der Waals surface area contributed by atoms with Gasteiger partial charge in [0.15, 0.2) is 0 Å². The molecule has 0 atom stereocenters. The van der Waals surface area contributed by atoms with Gasteiger partial charge >= 0.3 is 0 Å². The van der Waals surface area contributed by atoms with Crippen LogP contribution in [0.25, 0.3) is 11.1 Å². The number of methoxy groups -OCH3 is 2. The van der Waals surface area contributed by atoms with E-state index in [1.165, 1.54) is 0 Å². The number of H-pyrrole nitrogens is 1. The number of nitrogens with one attached hydrogen (secondary N) is 1. The Balaban J connectivity index is 2.49. The van der Waals surface area contributed by atoms with Crippen molar-refractivity contribution in [1.29, 1.82) is 0 Å². The van der Waals surface area contributed by atoms with Crippen LogP contribution in [-0.2, 0) is 11.3 Å². The maximum atomic E-state index is 5.82. The lowest BCUT2D eigenvalue weighted by molar-refractivity contribution is 0.185. The number of hydrogen-bond donors (Lipinski definition) is 2. The molecule has 5 nitrogen and oxygen atoms in total. The molecule has 0 amide bonds. The van der Waals surface area contributed by atoms with Crippen molar-refractivity contribution in [3.8, 4) is 16.9 Å². The lowest BCUT2D eigenvalue weighted by Crippen LogP contribution is -1.94. The topological polar surface area (TPSA) is 73.2 Å². The fraction of sp³-hybridized carbons (Fsp3) is 0.250. The second-order valence-corrected chi connectivity index (χ2v) is 3.67. The van der Waals surface area contributed by atoms with Gasteiger partial charge < -0.3 is 15.2 Å². The third-order valence-electron chi connectivity index (χ3n) is 2.53. The highest BCUT2D eigenvalue weighted by Gasteiger charge is 2.11.